The molecule has 0 saturated heterocycles. The summed E-state index contributed by atoms with van der Waals surface area (Å²) in [7, 11) is 0. The second-order valence-corrected chi connectivity index (χ2v) is 8.56. The minimum atomic E-state index is -0.146. The SMILES string of the molecule is O=C1COc2ccc(C3=Nc4ccccc4S[C@@H](c4ccccc4Cl)C3)cc2N1. The number of nitrogens with zero attached hydrogens (tertiary/aromatic N) is 1. The first kappa shape index (κ1) is 18.3. The zero-order valence-corrected chi connectivity index (χ0v) is 17.0. The summed E-state index contributed by atoms with van der Waals surface area (Å²) in [6.07, 6.45) is 0.719. The first-order valence-corrected chi connectivity index (χ1v) is 10.6. The molecule has 0 spiro atoms. The van der Waals surface area contributed by atoms with E-state index in [1.807, 2.05) is 54.6 Å². The van der Waals surface area contributed by atoms with E-state index in [2.05, 4.69) is 17.4 Å². The van der Waals surface area contributed by atoms with E-state index in [9.17, 15) is 4.79 Å². The Bertz CT molecular complexity index is 1150. The standard InChI is InChI=1S/C23H17ClN2O2S/c24-16-6-2-1-5-15(16)22-12-18(25-17-7-3-4-8-21(17)29-22)14-9-10-20-19(11-14)26-23(27)13-28-20/h1-11,22H,12-13H2,(H,26,27)/t22-/m1/s1. The summed E-state index contributed by atoms with van der Waals surface area (Å²) >= 11 is 8.30. The Hall–Kier alpha value is -2.76. The Kier molecular flexibility index (Phi) is 4.78. The van der Waals surface area contributed by atoms with Gasteiger partial charge in [0.2, 0.25) is 0 Å². The summed E-state index contributed by atoms with van der Waals surface area (Å²) in [6, 6.07) is 21.9. The second-order valence-electron chi connectivity index (χ2n) is 6.91. The molecule has 29 heavy (non-hydrogen) atoms. The van der Waals surface area contributed by atoms with Gasteiger partial charge in [0, 0.05) is 27.3 Å². The Balaban J connectivity index is 1.60. The van der Waals surface area contributed by atoms with E-state index in [4.69, 9.17) is 21.3 Å². The van der Waals surface area contributed by atoms with Gasteiger partial charge >= 0.3 is 0 Å². The van der Waals surface area contributed by atoms with Crippen LogP contribution in [0, 0.1) is 0 Å². The third-order valence-corrected chi connectivity index (χ3v) is 6.61. The van der Waals surface area contributed by atoms with Crippen LogP contribution in [0.1, 0.15) is 22.8 Å². The molecule has 6 heteroatoms. The molecule has 0 aromatic heterocycles. The van der Waals surface area contributed by atoms with E-state index in [1.54, 1.807) is 11.8 Å². The lowest BCUT2D eigenvalue weighted by atomic mass is 10.00. The average Bonchev–Trinajstić information content (AvgIpc) is 2.93. The van der Waals surface area contributed by atoms with Crippen LogP contribution in [0.25, 0.3) is 0 Å². The van der Waals surface area contributed by atoms with Gasteiger partial charge in [-0.1, -0.05) is 41.9 Å². The monoisotopic (exact) mass is 420 g/mol. The van der Waals surface area contributed by atoms with Crippen molar-refractivity contribution in [3.8, 4) is 5.75 Å². The number of anilines is 1. The van der Waals surface area contributed by atoms with Crippen molar-refractivity contribution in [1.29, 1.82) is 0 Å². The molecule has 3 aromatic carbocycles. The molecule has 2 aliphatic heterocycles. The number of hydrogen-bond donors (Lipinski definition) is 1. The first-order valence-electron chi connectivity index (χ1n) is 9.32. The predicted octanol–water partition coefficient (Wildman–Crippen LogP) is 6.03. The minimum Gasteiger partial charge on any atom is -0.482 e. The van der Waals surface area contributed by atoms with E-state index < -0.39 is 0 Å². The number of thioether (sulfide) groups is 1. The molecule has 144 valence electrons. The quantitative estimate of drug-likeness (QED) is 0.550. The number of carbonyl (C=O) groups is 1. The normalized spacial score (nSPS) is 17.9. The van der Waals surface area contributed by atoms with Crippen molar-refractivity contribution in [2.24, 2.45) is 4.99 Å². The summed E-state index contributed by atoms with van der Waals surface area (Å²) in [5, 5.41) is 3.77. The van der Waals surface area contributed by atoms with E-state index in [1.165, 1.54) is 0 Å². The maximum atomic E-state index is 11.7. The number of fused-ring (bicyclic) bond motifs is 2. The van der Waals surface area contributed by atoms with Crippen LogP contribution in [-0.2, 0) is 4.79 Å². The van der Waals surface area contributed by atoms with E-state index in [0.29, 0.717) is 11.4 Å². The number of ether oxygens (including phenoxy) is 1. The van der Waals surface area contributed by atoms with Gasteiger partial charge in [-0.3, -0.25) is 9.79 Å². The number of rotatable bonds is 2. The number of amides is 1. The van der Waals surface area contributed by atoms with Crippen LogP contribution in [0.5, 0.6) is 5.75 Å². The molecule has 3 aromatic rings. The van der Waals surface area contributed by atoms with Crippen molar-refractivity contribution < 1.29 is 9.53 Å². The fourth-order valence-electron chi connectivity index (χ4n) is 3.57. The van der Waals surface area contributed by atoms with Crippen LogP contribution < -0.4 is 10.1 Å². The van der Waals surface area contributed by atoms with Gasteiger partial charge in [0.25, 0.3) is 5.91 Å². The van der Waals surface area contributed by atoms with Crippen LogP contribution in [0.2, 0.25) is 5.02 Å². The predicted molar refractivity (Wildman–Crippen MR) is 118 cm³/mol. The fourth-order valence-corrected chi connectivity index (χ4v) is 5.17. The lowest BCUT2D eigenvalue weighted by molar-refractivity contribution is -0.118. The summed E-state index contributed by atoms with van der Waals surface area (Å²) < 4.78 is 5.49. The van der Waals surface area contributed by atoms with Gasteiger partial charge in [0.15, 0.2) is 6.61 Å². The van der Waals surface area contributed by atoms with Gasteiger partial charge in [-0.2, -0.15) is 0 Å². The van der Waals surface area contributed by atoms with Gasteiger partial charge in [0.05, 0.1) is 11.4 Å². The van der Waals surface area contributed by atoms with Crippen LogP contribution in [0.4, 0.5) is 11.4 Å². The summed E-state index contributed by atoms with van der Waals surface area (Å²) in [6.45, 7) is 0.0475. The molecular formula is C23H17ClN2O2S. The Morgan fingerprint density at radius 2 is 1.90 bits per heavy atom. The molecule has 4 nitrogen and oxygen atoms in total. The molecule has 5 rings (SSSR count). The highest BCUT2D eigenvalue weighted by atomic mass is 35.5. The van der Waals surface area contributed by atoms with E-state index in [0.717, 1.165) is 38.9 Å². The topological polar surface area (TPSA) is 50.7 Å². The van der Waals surface area contributed by atoms with Gasteiger partial charge < -0.3 is 10.1 Å². The van der Waals surface area contributed by atoms with Gasteiger partial charge in [0.1, 0.15) is 5.75 Å². The molecule has 2 heterocycles. The van der Waals surface area contributed by atoms with Crippen molar-refractivity contribution in [3.63, 3.8) is 0 Å². The number of hydrogen-bond acceptors (Lipinski definition) is 4. The second kappa shape index (κ2) is 7.58. The van der Waals surface area contributed by atoms with Gasteiger partial charge in [-0.25, -0.2) is 0 Å². The third kappa shape index (κ3) is 3.63. The summed E-state index contributed by atoms with van der Waals surface area (Å²) in [4.78, 5) is 17.8. The van der Waals surface area contributed by atoms with Crippen LogP contribution >= 0.6 is 23.4 Å². The minimum absolute atomic E-state index is 0.0475. The highest BCUT2D eigenvalue weighted by Gasteiger charge is 2.25. The number of para-hydroxylation sites is 1. The number of nitrogens with one attached hydrogen (secondary N) is 1. The first-order chi connectivity index (χ1) is 14.2. The molecule has 0 fully saturated rings. The molecule has 1 N–H and O–H groups in total. The zero-order chi connectivity index (χ0) is 19.8. The number of carbonyl (C=O) groups excluding carboxylic acids is 1. The van der Waals surface area contributed by atoms with Gasteiger partial charge in [-0.05, 0) is 47.5 Å². The molecule has 1 amide bonds. The maximum absolute atomic E-state index is 11.7. The van der Waals surface area contributed by atoms with Crippen molar-refractivity contribution >= 4 is 46.4 Å². The molecule has 0 saturated carbocycles. The lowest BCUT2D eigenvalue weighted by Crippen LogP contribution is -2.25. The third-order valence-electron chi connectivity index (χ3n) is 4.97. The molecular weight excluding hydrogens is 404 g/mol. The van der Waals surface area contributed by atoms with Crippen molar-refractivity contribution in [2.45, 2.75) is 16.6 Å². The average molecular weight is 421 g/mol. The number of aliphatic imine (C=N–C) groups is 1. The smallest absolute Gasteiger partial charge is 0.262 e. The molecule has 0 unspecified atom stereocenters. The zero-order valence-electron chi connectivity index (χ0n) is 15.4. The van der Waals surface area contributed by atoms with Crippen LogP contribution in [0.15, 0.2) is 76.6 Å². The highest BCUT2D eigenvalue weighted by Crippen LogP contribution is 2.47. The molecule has 0 aliphatic carbocycles. The molecule has 0 radical (unpaired) electrons. The van der Waals surface area contributed by atoms with Crippen LogP contribution in [0.3, 0.4) is 0 Å². The van der Waals surface area contributed by atoms with Gasteiger partial charge in [-0.15, -0.1) is 11.8 Å². The van der Waals surface area contributed by atoms with Crippen molar-refractivity contribution in [2.75, 3.05) is 11.9 Å². The summed E-state index contributed by atoms with van der Waals surface area (Å²) in [5.74, 6) is 0.535. The Morgan fingerprint density at radius 1 is 1.07 bits per heavy atom. The summed E-state index contributed by atoms with van der Waals surface area (Å²) in [5.41, 5.74) is 4.64. The van der Waals surface area contributed by atoms with Crippen molar-refractivity contribution in [1.82, 2.24) is 0 Å². The number of halogens is 1. The maximum Gasteiger partial charge on any atom is 0.262 e. The lowest BCUT2D eigenvalue weighted by Gasteiger charge is -2.20. The Labute approximate surface area is 178 Å². The van der Waals surface area contributed by atoms with Crippen LogP contribution in [-0.4, -0.2) is 18.2 Å². The molecule has 1 atom stereocenters. The van der Waals surface area contributed by atoms with Crippen molar-refractivity contribution in [3.05, 3.63) is 82.9 Å². The molecule has 0 bridgehead atoms. The highest BCUT2D eigenvalue weighted by molar-refractivity contribution is 7.99. The van der Waals surface area contributed by atoms with E-state index >= 15 is 0 Å². The van der Waals surface area contributed by atoms with E-state index in [-0.39, 0.29) is 17.8 Å². The fraction of sp³-hybridized carbons (Fsp3) is 0.130. The largest absolute Gasteiger partial charge is 0.482 e. The molecule has 2 aliphatic rings. The number of benzene rings is 3. The Morgan fingerprint density at radius 3 is 2.79 bits per heavy atom.